The first-order chi connectivity index (χ1) is 15.1. The van der Waals surface area contributed by atoms with Gasteiger partial charge in [-0.05, 0) is 35.0 Å². The fourth-order valence-electron chi connectivity index (χ4n) is 4.00. The van der Waals surface area contributed by atoms with Crippen LogP contribution in [0.3, 0.4) is 0 Å². The molecule has 0 radical (unpaired) electrons. The number of rotatable bonds is 7. The Bertz CT molecular complexity index is 1050. The summed E-state index contributed by atoms with van der Waals surface area (Å²) in [5.74, 6) is -0.111. The van der Waals surface area contributed by atoms with Crippen LogP contribution in [0.1, 0.15) is 16.8 Å². The van der Waals surface area contributed by atoms with E-state index in [0.717, 1.165) is 16.5 Å². The molecular weight excluding hydrogens is 392 g/mol. The van der Waals surface area contributed by atoms with E-state index in [-0.39, 0.29) is 18.4 Å². The minimum absolute atomic E-state index is 0.00541. The fourth-order valence-corrected chi connectivity index (χ4v) is 4.00. The number of carboxylic acids is 1. The van der Waals surface area contributed by atoms with Crippen molar-refractivity contribution < 1.29 is 19.4 Å². The number of ether oxygens (including phenoxy) is 1. The summed E-state index contributed by atoms with van der Waals surface area (Å²) < 4.78 is 5.82. The van der Waals surface area contributed by atoms with Crippen LogP contribution in [0.5, 0.6) is 5.75 Å². The van der Waals surface area contributed by atoms with Gasteiger partial charge in [-0.3, -0.25) is 14.5 Å². The lowest BCUT2D eigenvalue weighted by molar-refractivity contribution is -0.139. The lowest BCUT2D eigenvalue weighted by Gasteiger charge is -2.38. The number of hydrogen-bond donors (Lipinski definition) is 1. The summed E-state index contributed by atoms with van der Waals surface area (Å²) in [6.45, 7) is 2.67. The first-order valence-electron chi connectivity index (χ1n) is 10.5. The van der Waals surface area contributed by atoms with Crippen LogP contribution in [0.4, 0.5) is 0 Å². The molecule has 3 aromatic carbocycles. The first-order valence-corrected chi connectivity index (χ1v) is 10.5. The lowest BCUT2D eigenvalue weighted by Crippen LogP contribution is -2.53. The summed E-state index contributed by atoms with van der Waals surface area (Å²) in [6, 6.07) is 22.9. The molecule has 4 rings (SSSR count). The van der Waals surface area contributed by atoms with Gasteiger partial charge in [0.15, 0.2) is 0 Å². The van der Waals surface area contributed by atoms with Gasteiger partial charge in [0, 0.05) is 31.7 Å². The summed E-state index contributed by atoms with van der Waals surface area (Å²) in [5, 5.41) is 11.5. The Morgan fingerprint density at radius 1 is 0.871 bits per heavy atom. The number of aliphatic carboxylic acids is 1. The van der Waals surface area contributed by atoms with Crippen LogP contribution in [0.2, 0.25) is 0 Å². The van der Waals surface area contributed by atoms with Crippen molar-refractivity contribution in [2.75, 3.05) is 32.8 Å². The molecule has 160 valence electrons. The molecule has 0 aromatic heterocycles. The van der Waals surface area contributed by atoms with Crippen molar-refractivity contribution in [3.63, 3.8) is 0 Å². The highest BCUT2D eigenvalue weighted by atomic mass is 16.5. The fraction of sp³-hybridized carbons (Fsp3) is 0.280. The van der Waals surface area contributed by atoms with E-state index >= 15 is 0 Å². The van der Waals surface area contributed by atoms with E-state index in [2.05, 4.69) is 4.90 Å². The summed E-state index contributed by atoms with van der Waals surface area (Å²) in [4.78, 5) is 28.3. The van der Waals surface area contributed by atoms with Gasteiger partial charge in [0.2, 0.25) is 0 Å². The molecule has 1 amide bonds. The number of para-hydroxylation sites is 1. The van der Waals surface area contributed by atoms with Gasteiger partial charge in [-0.15, -0.1) is 0 Å². The summed E-state index contributed by atoms with van der Waals surface area (Å²) in [6.07, 6.45) is 0.00541. The van der Waals surface area contributed by atoms with Crippen LogP contribution in [0.25, 0.3) is 10.8 Å². The minimum Gasteiger partial charge on any atom is -0.492 e. The summed E-state index contributed by atoms with van der Waals surface area (Å²) in [7, 11) is 0. The Morgan fingerprint density at radius 2 is 1.55 bits per heavy atom. The SMILES string of the molecule is O=C(O)CC(COc1ccccc1)N1CCN(C(=O)c2ccc3ccccc3c2)CC1. The van der Waals surface area contributed by atoms with Crippen molar-refractivity contribution in [1.82, 2.24) is 9.80 Å². The van der Waals surface area contributed by atoms with Gasteiger partial charge in [0.05, 0.1) is 12.5 Å². The Balaban J connectivity index is 1.37. The van der Waals surface area contributed by atoms with Crippen LogP contribution >= 0.6 is 0 Å². The Morgan fingerprint density at radius 3 is 2.26 bits per heavy atom. The molecule has 3 aromatic rings. The molecular formula is C25H26N2O4. The molecule has 1 atom stereocenters. The van der Waals surface area contributed by atoms with Crippen LogP contribution in [0.15, 0.2) is 72.8 Å². The number of hydrogen-bond acceptors (Lipinski definition) is 4. The zero-order valence-electron chi connectivity index (χ0n) is 17.3. The van der Waals surface area contributed by atoms with Gasteiger partial charge in [-0.25, -0.2) is 0 Å². The van der Waals surface area contributed by atoms with E-state index in [1.165, 1.54) is 0 Å². The third kappa shape index (κ3) is 5.22. The van der Waals surface area contributed by atoms with Crippen molar-refractivity contribution in [2.45, 2.75) is 12.5 Å². The molecule has 1 fully saturated rings. The van der Waals surface area contributed by atoms with Crippen LogP contribution < -0.4 is 4.74 Å². The maximum absolute atomic E-state index is 13.0. The average molecular weight is 418 g/mol. The van der Waals surface area contributed by atoms with Crippen molar-refractivity contribution in [3.05, 3.63) is 78.4 Å². The second-order valence-electron chi connectivity index (χ2n) is 7.77. The smallest absolute Gasteiger partial charge is 0.305 e. The maximum atomic E-state index is 13.0. The minimum atomic E-state index is -0.851. The highest BCUT2D eigenvalue weighted by Gasteiger charge is 2.28. The van der Waals surface area contributed by atoms with Crippen molar-refractivity contribution in [3.8, 4) is 5.75 Å². The number of carbonyl (C=O) groups excluding carboxylic acids is 1. The normalized spacial score (nSPS) is 15.5. The van der Waals surface area contributed by atoms with E-state index in [4.69, 9.17) is 4.74 Å². The molecule has 1 N–H and O–H groups in total. The molecule has 1 heterocycles. The van der Waals surface area contributed by atoms with E-state index in [9.17, 15) is 14.7 Å². The molecule has 31 heavy (non-hydrogen) atoms. The van der Waals surface area contributed by atoms with Gasteiger partial charge in [-0.2, -0.15) is 0 Å². The predicted molar refractivity (Wildman–Crippen MR) is 119 cm³/mol. The standard InChI is InChI=1S/C25H26N2O4/c28-24(29)17-22(18-31-23-8-2-1-3-9-23)26-12-14-27(15-13-26)25(30)21-11-10-19-6-4-5-7-20(19)16-21/h1-11,16,22H,12-15,17-18H2,(H,28,29). The second kappa shape index (κ2) is 9.62. The van der Waals surface area contributed by atoms with Gasteiger partial charge < -0.3 is 14.7 Å². The predicted octanol–water partition coefficient (Wildman–Crippen LogP) is 3.52. The van der Waals surface area contributed by atoms with Crippen LogP contribution in [0, 0.1) is 0 Å². The second-order valence-corrected chi connectivity index (χ2v) is 7.77. The van der Waals surface area contributed by atoms with Crippen molar-refractivity contribution in [2.24, 2.45) is 0 Å². The van der Waals surface area contributed by atoms with Crippen LogP contribution in [-0.2, 0) is 4.79 Å². The molecule has 6 nitrogen and oxygen atoms in total. The Hall–Kier alpha value is -3.38. The molecule has 1 unspecified atom stereocenters. The van der Waals surface area contributed by atoms with Gasteiger partial charge in [0.25, 0.3) is 5.91 Å². The molecule has 1 aliphatic rings. The van der Waals surface area contributed by atoms with E-state index in [1.54, 1.807) is 0 Å². The number of amides is 1. The van der Waals surface area contributed by atoms with Gasteiger partial charge in [-0.1, -0.05) is 48.5 Å². The number of nitrogens with zero attached hydrogens (tertiary/aromatic N) is 2. The topological polar surface area (TPSA) is 70.1 Å². The molecule has 1 aliphatic heterocycles. The van der Waals surface area contributed by atoms with Crippen molar-refractivity contribution >= 4 is 22.6 Å². The number of fused-ring (bicyclic) bond motifs is 1. The number of benzene rings is 3. The Kier molecular flexibility index (Phi) is 6.48. The van der Waals surface area contributed by atoms with E-state index < -0.39 is 5.97 Å². The average Bonchev–Trinajstić information content (AvgIpc) is 2.81. The number of carbonyl (C=O) groups is 2. The largest absolute Gasteiger partial charge is 0.492 e. The Labute approximate surface area is 181 Å². The summed E-state index contributed by atoms with van der Waals surface area (Å²) in [5.41, 5.74) is 0.682. The third-order valence-electron chi connectivity index (χ3n) is 5.71. The highest BCUT2D eigenvalue weighted by Crippen LogP contribution is 2.19. The number of piperazine rings is 1. The molecule has 0 bridgehead atoms. The van der Waals surface area contributed by atoms with E-state index in [0.29, 0.717) is 38.3 Å². The quantitative estimate of drug-likeness (QED) is 0.636. The first kappa shape index (κ1) is 20.9. The van der Waals surface area contributed by atoms with Gasteiger partial charge >= 0.3 is 5.97 Å². The van der Waals surface area contributed by atoms with Crippen LogP contribution in [-0.4, -0.2) is 65.6 Å². The lowest BCUT2D eigenvalue weighted by atomic mass is 10.1. The third-order valence-corrected chi connectivity index (χ3v) is 5.71. The molecule has 0 saturated carbocycles. The van der Waals surface area contributed by atoms with Crippen molar-refractivity contribution in [1.29, 1.82) is 0 Å². The van der Waals surface area contributed by atoms with Gasteiger partial charge in [0.1, 0.15) is 12.4 Å². The zero-order valence-corrected chi connectivity index (χ0v) is 17.3. The molecule has 1 saturated heterocycles. The summed E-state index contributed by atoms with van der Waals surface area (Å²) >= 11 is 0. The molecule has 0 aliphatic carbocycles. The van der Waals surface area contributed by atoms with E-state index in [1.807, 2.05) is 77.7 Å². The maximum Gasteiger partial charge on any atom is 0.305 e. The molecule has 0 spiro atoms. The zero-order chi connectivity index (χ0) is 21.6. The highest BCUT2D eigenvalue weighted by molar-refractivity contribution is 5.98. The number of carboxylic acid groups (broad SMARTS) is 1. The molecule has 6 heteroatoms. The monoisotopic (exact) mass is 418 g/mol.